The first-order valence-corrected chi connectivity index (χ1v) is 7.15. The number of halogens is 2. The van der Waals surface area contributed by atoms with E-state index in [1.807, 2.05) is 30.3 Å². The van der Waals surface area contributed by atoms with Crippen LogP contribution in [0.4, 0.5) is 13.6 Å². The second-order valence-corrected chi connectivity index (χ2v) is 4.86. The lowest BCUT2D eigenvalue weighted by Gasteiger charge is -2.05. The summed E-state index contributed by atoms with van der Waals surface area (Å²) in [5.41, 5.74) is 0.501. The molecule has 2 rings (SSSR count). The van der Waals surface area contributed by atoms with Crippen molar-refractivity contribution in [2.75, 3.05) is 6.54 Å². The van der Waals surface area contributed by atoms with Gasteiger partial charge < -0.3 is 10.1 Å². The topological polar surface area (TPSA) is 55.4 Å². The van der Waals surface area contributed by atoms with Crippen molar-refractivity contribution in [3.8, 4) is 0 Å². The third-order valence-corrected chi connectivity index (χ3v) is 3.12. The largest absolute Gasteiger partial charge is 0.445 e. The fraction of sp³-hybridized carbons (Fsp3) is 0.111. The molecular weight excluding hydrogens is 316 g/mol. The van der Waals surface area contributed by atoms with Crippen molar-refractivity contribution < 1.29 is 23.1 Å². The number of alkyl carbamates (subject to hydrolysis) is 1. The van der Waals surface area contributed by atoms with Gasteiger partial charge in [0.2, 0.25) is 0 Å². The molecule has 1 amide bonds. The third-order valence-electron chi connectivity index (χ3n) is 3.12. The Morgan fingerprint density at radius 2 is 1.75 bits per heavy atom. The molecule has 124 valence electrons. The molecule has 0 heterocycles. The first-order chi connectivity index (χ1) is 11.6. The molecule has 0 aromatic heterocycles. The van der Waals surface area contributed by atoms with Crippen LogP contribution >= 0.6 is 0 Å². The summed E-state index contributed by atoms with van der Waals surface area (Å²) in [5.74, 6) is -1.53. The Kier molecular flexibility index (Phi) is 6.19. The minimum Gasteiger partial charge on any atom is -0.445 e. The predicted molar refractivity (Wildman–Crippen MR) is 85.4 cm³/mol. The van der Waals surface area contributed by atoms with Crippen LogP contribution in [0.15, 0.2) is 48.5 Å². The van der Waals surface area contributed by atoms with Crippen LogP contribution in [0.25, 0.3) is 6.08 Å². The monoisotopic (exact) mass is 331 g/mol. The summed E-state index contributed by atoms with van der Waals surface area (Å²) in [6, 6.07) is 10.9. The summed E-state index contributed by atoms with van der Waals surface area (Å²) in [7, 11) is 0. The van der Waals surface area contributed by atoms with E-state index < -0.39 is 17.7 Å². The Morgan fingerprint density at radius 3 is 2.46 bits per heavy atom. The molecule has 2 aromatic carbocycles. The highest BCUT2D eigenvalue weighted by atomic mass is 19.1. The number of hydrogen-bond acceptors (Lipinski definition) is 3. The Morgan fingerprint density at radius 1 is 1.08 bits per heavy atom. The van der Waals surface area contributed by atoms with E-state index in [1.165, 1.54) is 12.2 Å². The summed E-state index contributed by atoms with van der Waals surface area (Å²) in [6.45, 7) is 0.230. The van der Waals surface area contributed by atoms with Crippen LogP contribution in [0.3, 0.4) is 0 Å². The molecule has 0 radical (unpaired) electrons. The van der Waals surface area contributed by atoms with Gasteiger partial charge in [-0.05, 0) is 17.7 Å². The van der Waals surface area contributed by atoms with Crippen molar-refractivity contribution in [1.82, 2.24) is 5.32 Å². The van der Waals surface area contributed by atoms with Crippen LogP contribution in [0.5, 0.6) is 0 Å². The van der Waals surface area contributed by atoms with Gasteiger partial charge in [-0.2, -0.15) is 0 Å². The zero-order chi connectivity index (χ0) is 17.4. The normalized spacial score (nSPS) is 10.6. The minimum absolute atomic E-state index is 0.0162. The molecule has 0 aliphatic rings. The quantitative estimate of drug-likeness (QED) is 0.821. The number of benzene rings is 2. The molecule has 4 nitrogen and oxygen atoms in total. The van der Waals surface area contributed by atoms with Gasteiger partial charge in [-0.3, -0.25) is 4.79 Å². The average Bonchev–Trinajstić information content (AvgIpc) is 2.60. The van der Waals surface area contributed by atoms with Crippen LogP contribution < -0.4 is 5.32 Å². The minimum atomic E-state index is -0.804. The van der Waals surface area contributed by atoms with Crippen molar-refractivity contribution in [1.29, 1.82) is 0 Å². The lowest BCUT2D eigenvalue weighted by Crippen LogP contribution is -2.24. The number of ether oxygens (including phenoxy) is 1. The van der Waals surface area contributed by atoms with Gasteiger partial charge in [0.25, 0.3) is 0 Å². The molecule has 24 heavy (non-hydrogen) atoms. The first kappa shape index (κ1) is 17.3. The van der Waals surface area contributed by atoms with Crippen LogP contribution in [-0.4, -0.2) is 18.9 Å². The summed E-state index contributed by atoms with van der Waals surface area (Å²) in [5, 5.41) is 2.46. The maximum Gasteiger partial charge on any atom is 0.407 e. The molecule has 0 atom stereocenters. The molecule has 6 heteroatoms. The number of hydrogen-bond donors (Lipinski definition) is 1. The Labute approximate surface area is 137 Å². The van der Waals surface area contributed by atoms with Gasteiger partial charge in [-0.1, -0.05) is 42.5 Å². The number of carbonyl (C=O) groups is 2. The molecule has 0 saturated carbocycles. The lowest BCUT2D eigenvalue weighted by atomic mass is 10.1. The van der Waals surface area contributed by atoms with Crippen molar-refractivity contribution >= 4 is 18.5 Å². The van der Waals surface area contributed by atoms with Gasteiger partial charge in [0, 0.05) is 12.1 Å². The molecule has 2 aromatic rings. The average molecular weight is 331 g/mol. The summed E-state index contributed by atoms with van der Waals surface area (Å²) in [6.07, 6.45) is 2.38. The maximum absolute atomic E-state index is 13.6. The Hall–Kier alpha value is -3.02. The zero-order valence-electron chi connectivity index (χ0n) is 12.7. The van der Waals surface area contributed by atoms with Crippen LogP contribution in [-0.2, 0) is 11.3 Å². The second kappa shape index (κ2) is 8.57. The van der Waals surface area contributed by atoms with Crippen LogP contribution in [0, 0.1) is 11.6 Å². The van der Waals surface area contributed by atoms with Gasteiger partial charge in [-0.25, -0.2) is 13.6 Å². The highest BCUT2D eigenvalue weighted by Crippen LogP contribution is 2.15. The second-order valence-electron chi connectivity index (χ2n) is 4.86. The van der Waals surface area contributed by atoms with Crippen molar-refractivity contribution in [3.63, 3.8) is 0 Å². The smallest absolute Gasteiger partial charge is 0.407 e. The molecule has 1 N–H and O–H groups in total. The van der Waals surface area contributed by atoms with E-state index in [9.17, 15) is 18.4 Å². The SMILES string of the molecule is O=Cc1cc(F)c(C=CCNC(=O)OCc2ccccc2)cc1F. The molecule has 0 spiro atoms. The third kappa shape index (κ3) is 5.01. The number of amides is 1. The van der Waals surface area contributed by atoms with Crippen molar-refractivity contribution in [3.05, 3.63) is 76.9 Å². The number of rotatable bonds is 6. The van der Waals surface area contributed by atoms with Crippen LogP contribution in [0.2, 0.25) is 0 Å². The molecule has 0 aliphatic carbocycles. The standard InChI is InChI=1S/C18H15F2NO3/c19-16-10-15(11-22)17(20)9-14(16)7-4-8-21-18(23)24-12-13-5-2-1-3-6-13/h1-7,9-11H,8,12H2,(H,21,23). The maximum atomic E-state index is 13.6. The van der Waals surface area contributed by atoms with Crippen LogP contribution in [0.1, 0.15) is 21.5 Å². The number of carbonyl (C=O) groups excluding carboxylic acids is 2. The number of aldehydes is 1. The number of nitrogens with one attached hydrogen (secondary N) is 1. The van der Waals surface area contributed by atoms with Crippen molar-refractivity contribution in [2.24, 2.45) is 0 Å². The molecule has 0 bridgehead atoms. The highest BCUT2D eigenvalue weighted by Gasteiger charge is 2.07. The summed E-state index contributed by atoms with van der Waals surface area (Å²) in [4.78, 5) is 22.0. The van der Waals surface area contributed by atoms with E-state index in [-0.39, 0.29) is 30.6 Å². The van der Waals surface area contributed by atoms with E-state index in [4.69, 9.17) is 4.74 Å². The van der Waals surface area contributed by atoms with Crippen molar-refractivity contribution in [2.45, 2.75) is 6.61 Å². The van der Waals surface area contributed by atoms with Gasteiger partial charge in [0.05, 0.1) is 5.56 Å². The molecule has 0 unspecified atom stereocenters. The fourth-order valence-corrected chi connectivity index (χ4v) is 1.90. The molecule has 0 saturated heterocycles. The van der Waals surface area contributed by atoms with Gasteiger partial charge in [-0.15, -0.1) is 0 Å². The zero-order valence-corrected chi connectivity index (χ0v) is 12.7. The van der Waals surface area contributed by atoms with E-state index in [0.717, 1.165) is 17.7 Å². The van der Waals surface area contributed by atoms with E-state index >= 15 is 0 Å². The van der Waals surface area contributed by atoms with Gasteiger partial charge >= 0.3 is 6.09 Å². The molecule has 0 fully saturated rings. The molecule has 0 aliphatic heterocycles. The first-order valence-electron chi connectivity index (χ1n) is 7.15. The lowest BCUT2D eigenvalue weighted by molar-refractivity contribution is 0.111. The fourth-order valence-electron chi connectivity index (χ4n) is 1.90. The Bertz CT molecular complexity index is 745. The summed E-state index contributed by atoms with van der Waals surface area (Å²) >= 11 is 0. The molecular formula is C18H15F2NO3. The van der Waals surface area contributed by atoms with E-state index in [1.54, 1.807) is 0 Å². The summed E-state index contributed by atoms with van der Waals surface area (Å²) < 4.78 is 32.0. The highest BCUT2D eigenvalue weighted by molar-refractivity contribution is 5.76. The van der Waals surface area contributed by atoms with E-state index in [2.05, 4.69) is 5.32 Å². The Balaban J connectivity index is 1.81. The predicted octanol–water partition coefficient (Wildman–Crippen LogP) is 3.72. The van der Waals surface area contributed by atoms with Gasteiger partial charge in [0.1, 0.15) is 18.2 Å². The van der Waals surface area contributed by atoms with Gasteiger partial charge in [0.15, 0.2) is 6.29 Å². The van der Waals surface area contributed by atoms with E-state index in [0.29, 0.717) is 0 Å².